The lowest BCUT2D eigenvalue weighted by molar-refractivity contribution is -0.385. The Labute approximate surface area is 134 Å². The van der Waals surface area contributed by atoms with E-state index in [2.05, 4.69) is 10.2 Å². The number of nitro groups is 1. The van der Waals surface area contributed by atoms with Crippen LogP contribution in [0.25, 0.3) is 0 Å². The Morgan fingerprint density at radius 3 is 3.00 bits per heavy atom. The molecule has 1 saturated heterocycles. The van der Waals surface area contributed by atoms with Crippen molar-refractivity contribution in [1.82, 2.24) is 10.2 Å². The molecular formula is C15H20ClN3O3. The highest BCUT2D eigenvalue weighted by atomic mass is 35.5. The summed E-state index contributed by atoms with van der Waals surface area (Å²) in [4.78, 5) is 23.9. The molecule has 0 saturated carbocycles. The van der Waals surface area contributed by atoms with Gasteiger partial charge in [-0.2, -0.15) is 0 Å². The number of nitrogens with one attached hydrogen (secondary N) is 1. The van der Waals surface area contributed by atoms with Gasteiger partial charge in [-0.1, -0.05) is 11.6 Å². The van der Waals surface area contributed by atoms with Crippen molar-refractivity contribution in [3.05, 3.63) is 38.9 Å². The Morgan fingerprint density at radius 1 is 1.55 bits per heavy atom. The molecule has 1 aliphatic rings. The first-order valence-electron chi connectivity index (χ1n) is 7.35. The van der Waals surface area contributed by atoms with Crippen LogP contribution in [0.3, 0.4) is 0 Å². The summed E-state index contributed by atoms with van der Waals surface area (Å²) in [5, 5.41) is 14.5. The van der Waals surface area contributed by atoms with E-state index in [4.69, 9.17) is 11.6 Å². The summed E-state index contributed by atoms with van der Waals surface area (Å²) in [7, 11) is 0. The molecule has 0 aliphatic carbocycles. The minimum absolute atomic E-state index is 0.0254. The van der Waals surface area contributed by atoms with E-state index in [1.165, 1.54) is 13.0 Å². The van der Waals surface area contributed by atoms with E-state index >= 15 is 0 Å². The fourth-order valence-electron chi connectivity index (χ4n) is 2.85. The summed E-state index contributed by atoms with van der Waals surface area (Å²) in [5.41, 5.74) is 0.742. The van der Waals surface area contributed by atoms with Gasteiger partial charge in [0.2, 0.25) is 5.91 Å². The molecule has 1 aliphatic heterocycles. The van der Waals surface area contributed by atoms with Gasteiger partial charge in [0, 0.05) is 43.2 Å². The predicted octanol–water partition coefficient (Wildman–Crippen LogP) is 2.60. The van der Waals surface area contributed by atoms with E-state index in [1.807, 2.05) is 0 Å². The molecule has 0 spiro atoms. The van der Waals surface area contributed by atoms with Gasteiger partial charge in [0.15, 0.2) is 0 Å². The van der Waals surface area contributed by atoms with Crippen LogP contribution in [-0.4, -0.2) is 35.4 Å². The van der Waals surface area contributed by atoms with Crippen LogP contribution in [-0.2, 0) is 11.3 Å². The van der Waals surface area contributed by atoms with Gasteiger partial charge in [-0.05, 0) is 37.4 Å². The summed E-state index contributed by atoms with van der Waals surface area (Å²) in [6.07, 6.45) is 2.09. The molecule has 1 N–H and O–H groups in total. The number of likely N-dealkylation sites (tertiary alicyclic amines) is 1. The van der Waals surface area contributed by atoms with Crippen LogP contribution in [0.1, 0.15) is 25.3 Å². The molecule has 0 aromatic heterocycles. The first kappa shape index (κ1) is 16.7. The zero-order valence-electron chi connectivity index (χ0n) is 12.5. The number of piperidine rings is 1. The second-order valence-electron chi connectivity index (χ2n) is 5.71. The third kappa shape index (κ3) is 4.68. The van der Waals surface area contributed by atoms with Crippen LogP contribution in [0.2, 0.25) is 5.02 Å². The monoisotopic (exact) mass is 325 g/mol. The summed E-state index contributed by atoms with van der Waals surface area (Å²) in [5.74, 6) is 0.360. The van der Waals surface area contributed by atoms with Gasteiger partial charge in [0.05, 0.1) is 4.92 Å². The Bertz CT molecular complexity index is 565. The Kier molecular flexibility index (Phi) is 5.74. The maximum Gasteiger partial charge on any atom is 0.273 e. The summed E-state index contributed by atoms with van der Waals surface area (Å²) >= 11 is 5.96. The smallest absolute Gasteiger partial charge is 0.273 e. The van der Waals surface area contributed by atoms with E-state index in [0.29, 0.717) is 29.6 Å². The third-order valence-corrected chi connectivity index (χ3v) is 4.11. The van der Waals surface area contributed by atoms with Crippen molar-refractivity contribution in [2.75, 3.05) is 19.6 Å². The van der Waals surface area contributed by atoms with Crippen molar-refractivity contribution in [2.45, 2.75) is 26.3 Å². The fraction of sp³-hybridized carbons (Fsp3) is 0.533. The van der Waals surface area contributed by atoms with Crippen LogP contribution in [0.15, 0.2) is 18.2 Å². The number of amides is 1. The lowest BCUT2D eigenvalue weighted by atomic mass is 9.97. The van der Waals surface area contributed by atoms with Crippen molar-refractivity contribution < 1.29 is 9.72 Å². The maximum atomic E-state index is 11.1. The van der Waals surface area contributed by atoms with E-state index in [9.17, 15) is 14.9 Å². The highest BCUT2D eigenvalue weighted by Crippen LogP contribution is 2.26. The van der Waals surface area contributed by atoms with Gasteiger partial charge in [-0.3, -0.25) is 19.8 Å². The third-order valence-electron chi connectivity index (χ3n) is 3.87. The second kappa shape index (κ2) is 7.56. The second-order valence-corrected chi connectivity index (χ2v) is 6.15. The van der Waals surface area contributed by atoms with E-state index in [-0.39, 0.29) is 16.5 Å². The largest absolute Gasteiger partial charge is 0.356 e. The van der Waals surface area contributed by atoms with E-state index in [0.717, 1.165) is 25.9 Å². The summed E-state index contributed by atoms with van der Waals surface area (Å²) in [6, 6.07) is 4.66. The number of hydrogen-bond donors (Lipinski definition) is 1. The van der Waals surface area contributed by atoms with Crippen molar-refractivity contribution in [3.63, 3.8) is 0 Å². The number of rotatable bonds is 5. The average Bonchev–Trinajstić information content (AvgIpc) is 2.45. The van der Waals surface area contributed by atoms with Crippen molar-refractivity contribution in [1.29, 1.82) is 0 Å². The van der Waals surface area contributed by atoms with Crippen LogP contribution in [0.4, 0.5) is 5.69 Å². The van der Waals surface area contributed by atoms with Gasteiger partial charge in [0.1, 0.15) is 0 Å². The quantitative estimate of drug-likeness (QED) is 0.667. The zero-order chi connectivity index (χ0) is 16.1. The molecule has 1 aromatic rings. The Morgan fingerprint density at radius 2 is 2.32 bits per heavy atom. The molecule has 120 valence electrons. The SMILES string of the molecule is CC(=O)NC[C@H]1CCCN(Cc2cc(Cl)ccc2[N+](=O)[O-])C1. The lowest BCUT2D eigenvalue weighted by Gasteiger charge is -2.32. The Hall–Kier alpha value is -1.66. The van der Waals surface area contributed by atoms with Gasteiger partial charge < -0.3 is 5.32 Å². The molecule has 22 heavy (non-hydrogen) atoms. The average molecular weight is 326 g/mol. The normalized spacial score (nSPS) is 18.9. The summed E-state index contributed by atoms with van der Waals surface area (Å²) in [6.45, 7) is 4.40. The van der Waals surface area contributed by atoms with Gasteiger partial charge in [0.25, 0.3) is 5.69 Å². The van der Waals surface area contributed by atoms with Gasteiger partial charge in [-0.25, -0.2) is 0 Å². The first-order chi connectivity index (χ1) is 10.5. The van der Waals surface area contributed by atoms with Gasteiger partial charge >= 0.3 is 0 Å². The van der Waals surface area contributed by atoms with Crippen LogP contribution in [0.5, 0.6) is 0 Å². The topological polar surface area (TPSA) is 75.5 Å². The minimum Gasteiger partial charge on any atom is -0.356 e. The number of halogens is 1. The van der Waals surface area contributed by atoms with Crippen LogP contribution >= 0.6 is 11.6 Å². The number of benzene rings is 1. The summed E-state index contributed by atoms with van der Waals surface area (Å²) < 4.78 is 0. The number of carbonyl (C=O) groups is 1. The molecule has 1 fully saturated rings. The molecule has 2 rings (SSSR count). The molecule has 7 heteroatoms. The lowest BCUT2D eigenvalue weighted by Crippen LogP contribution is -2.40. The van der Waals surface area contributed by atoms with E-state index < -0.39 is 0 Å². The number of nitro benzene ring substituents is 1. The van der Waals surface area contributed by atoms with Gasteiger partial charge in [-0.15, -0.1) is 0 Å². The van der Waals surface area contributed by atoms with E-state index in [1.54, 1.807) is 12.1 Å². The molecular weight excluding hydrogens is 306 g/mol. The number of hydrogen-bond acceptors (Lipinski definition) is 4. The molecule has 6 nitrogen and oxygen atoms in total. The maximum absolute atomic E-state index is 11.1. The van der Waals surface area contributed by atoms with Crippen LogP contribution in [0, 0.1) is 16.0 Å². The highest BCUT2D eigenvalue weighted by Gasteiger charge is 2.23. The first-order valence-corrected chi connectivity index (χ1v) is 7.73. The minimum atomic E-state index is -0.371. The molecule has 0 bridgehead atoms. The number of nitrogens with zero attached hydrogens (tertiary/aromatic N) is 2. The molecule has 1 heterocycles. The molecule has 1 amide bonds. The molecule has 1 aromatic carbocycles. The standard InChI is InChI=1S/C15H20ClN3O3/c1-11(20)17-8-12-3-2-6-18(9-12)10-13-7-14(16)4-5-15(13)19(21)22/h4-5,7,12H,2-3,6,8-10H2,1H3,(H,17,20)/t12-/m1/s1. The molecule has 1 atom stereocenters. The number of carbonyl (C=O) groups excluding carboxylic acids is 1. The highest BCUT2D eigenvalue weighted by molar-refractivity contribution is 6.30. The Balaban J connectivity index is 2.02. The zero-order valence-corrected chi connectivity index (χ0v) is 13.3. The fourth-order valence-corrected chi connectivity index (χ4v) is 3.04. The van der Waals surface area contributed by atoms with Crippen molar-refractivity contribution >= 4 is 23.2 Å². The molecule has 0 unspecified atom stereocenters. The van der Waals surface area contributed by atoms with Crippen LogP contribution < -0.4 is 5.32 Å². The van der Waals surface area contributed by atoms with Crippen molar-refractivity contribution in [3.8, 4) is 0 Å². The van der Waals surface area contributed by atoms with Crippen molar-refractivity contribution in [2.24, 2.45) is 5.92 Å². The predicted molar refractivity (Wildman–Crippen MR) is 84.8 cm³/mol. The molecule has 0 radical (unpaired) electrons.